The van der Waals surface area contributed by atoms with Crippen LogP contribution in [0, 0.1) is 6.92 Å². The van der Waals surface area contributed by atoms with Crippen LogP contribution in [0.4, 0.5) is 0 Å². The lowest BCUT2D eigenvalue weighted by atomic mass is 10.4. The van der Waals surface area contributed by atoms with Gasteiger partial charge in [-0.2, -0.15) is 0 Å². The third-order valence-electron chi connectivity index (χ3n) is 1.54. The molecule has 2 aromatic rings. The van der Waals surface area contributed by atoms with Gasteiger partial charge in [-0.1, -0.05) is 0 Å². The van der Waals surface area contributed by atoms with E-state index in [4.69, 9.17) is 0 Å². The molecule has 0 bridgehead atoms. The molecular weight excluding hydrogens is 124 g/mol. The Morgan fingerprint density at radius 1 is 1.50 bits per heavy atom. The van der Waals surface area contributed by atoms with Gasteiger partial charge >= 0.3 is 0 Å². The molecule has 0 saturated carbocycles. The lowest BCUT2D eigenvalue weighted by molar-refractivity contribution is 1.13. The van der Waals surface area contributed by atoms with E-state index >= 15 is 0 Å². The van der Waals surface area contributed by atoms with Crippen molar-refractivity contribution in [1.29, 1.82) is 0 Å². The monoisotopic (exact) mass is 132 g/mol. The smallest absolute Gasteiger partial charge is 0.0636 e. The summed E-state index contributed by atoms with van der Waals surface area (Å²) in [6.45, 7) is 2.08. The lowest BCUT2D eigenvalue weighted by Crippen LogP contribution is -1.79. The van der Waals surface area contributed by atoms with Crippen molar-refractivity contribution in [1.82, 2.24) is 9.38 Å². The van der Waals surface area contributed by atoms with Gasteiger partial charge in [0.2, 0.25) is 0 Å². The van der Waals surface area contributed by atoms with Crippen LogP contribution in [-0.2, 0) is 0 Å². The molecule has 0 unspecified atom stereocenters. The van der Waals surface area contributed by atoms with E-state index in [9.17, 15) is 0 Å². The van der Waals surface area contributed by atoms with Gasteiger partial charge in [0.1, 0.15) is 0 Å². The summed E-state index contributed by atoms with van der Waals surface area (Å²) < 4.78 is 2.06. The summed E-state index contributed by atoms with van der Waals surface area (Å²) in [5.41, 5.74) is 2.42. The van der Waals surface area contributed by atoms with E-state index in [1.54, 1.807) is 6.20 Å². The van der Waals surface area contributed by atoms with E-state index in [-0.39, 0.29) is 0 Å². The Labute approximate surface area is 59.1 Å². The van der Waals surface area contributed by atoms with Gasteiger partial charge in [0, 0.05) is 18.6 Å². The number of aromatic nitrogens is 2. The average Bonchev–Trinajstić information content (AvgIpc) is 2.27. The summed E-state index contributed by atoms with van der Waals surface area (Å²) in [7, 11) is 0. The molecule has 0 radical (unpaired) electrons. The lowest BCUT2D eigenvalue weighted by Gasteiger charge is -1.88. The van der Waals surface area contributed by atoms with Crippen LogP contribution < -0.4 is 0 Å². The number of aryl methyl sites for hydroxylation is 1. The first-order valence-corrected chi connectivity index (χ1v) is 3.24. The van der Waals surface area contributed by atoms with E-state index in [1.165, 1.54) is 5.56 Å². The highest BCUT2D eigenvalue weighted by Crippen LogP contribution is 2.05. The van der Waals surface area contributed by atoms with Crippen LogP contribution in [0.3, 0.4) is 0 Å². The zero-order valence-electron chi connectivity index (χ0n) is 5.78. The molecule has 0 aromatic carbocycles. The highest BCUT2D eigenvalue weighted by molar-refractivity contribution is 5.47. The Hall–Kier alpha value is -1.31. The van der Waals surface area contributed by atoms with E-state index in [2.05, 4.69) is 28.6 Å². The molecule has 0 fully saturated rings. The van der Waals surface area contributed by atoms with E-state index in [0.717, 1.165) is 5.52 Å². The molecule has 2 heterocycles. The van der Waals surface area contributed by atoms with Crippen LogP contribution in [0.2, 0.25) is 0 Å². The van der Waals surface area contributed by atoms with Gasteiger partial charge < -0.3 is 4.40 Å². The molecule has 0 N–H and O–H groups in total. The van der Waals surface area contributed by atoms with Gasteiger partial charge in [0.05, 0.1) is 11.7 Å². The fourth-order valence-electron chi connectivity index (χ4n) is 1.10. The molecule has 2 rings (SSSR count). The van der Waals surface area contributed by atoms with Gasteiger partial charge in [-0.3, -0.25) is 4.98 Å². The summed E-state index contributed by atoms with van der Waals surface area (Å²) >= 11 is 0. The zero-order chi connectivity index (χ0) is 6.97. The van der Waals surface area contributed by atoms with Crippen molar-refractivity contribution in [3.05, 3.63) is 36.4 Å². The molecule has 10 heavy (non-hydrogen) atoms. The SMILES string of the molecule is Cc1cc2cnccn2c1. The molecule has 2 aromatic heterocycles. The number of fused-ring (bicyclic) bond motifs is 1. The normalized spacial score (nSPS) is 10.5. The second kappa shape index (κ2) is 1.84. The van der Waals surface area contributed by atoms with Gasteiger partial charge in [-0.25, -0.2) is 0 Å². The molecule has 0 aliphatic heterocycles. The summed E-state index contributed by atoms with van der Waals surface area (Å²) in [4.78, 5) is 4.01. The van der Waals surface area contributed by atoms with Crippen molar-refractivity contribution in [2.75, 3.05) is 0 Å². The molecule has 50 valence electrons. The van der Waals surface area contributed by atoms with Crippen molar-refractivity contribution in [3.63, 3.8) is 0 Å². The zero-order valence-corrected chi connectivity index (χ0v) is 5.78. The third-order valence-corrected chi connectivity index (χ3v) is 1.54. The third kappa shape index (κ3) is 0.692. The van der Waals surface area contributed by atoms with Crippen LogP contribution in [0.15, 0.2) is 30.9 Å². The quantitative estimate of drug-likeness (QED) is 0.532. The standard InChI is InChI=1S/C8H8N2/c1-7-4-8-5-9-2-3-10(8)6-7/h2-6H,1H3. The van der Waals surface area contributed by atoms with Crippen LogP contribution in [-0.4, -0.2) is 9.38 Å². The highest BCUT2D eigenvalue weighted by Gasteiger charge is 1.91. The minimum absolute atomic E-state index is 1.15. The summed E-state index contributed by atoms with van der Waals surface area (Å²) in [5, 5.41) is 0. The predicted molar refractivity (Wildman–Crippen MR) is 39.9 cm³/mol. The Bertz CT molecular complexity index is 316. The van der Waals surface area contributed by atoms with Crippen molar-refractivity contribution in [3.8, 4) is 0 Å². The molecule has 2 nitrogen and oxygen atoms in total. The van der Waals surface area contributed by atoms with Gasteiger partial charge in [0.25, 0.3) is 0 Å². The molecule has 0 saturated heterocycles. The summed E-state index contributed by atoms with van der Waals surface area (Å²) in [6.07, 6.45) is 7.67. The fraction of sp³-hybridized carbons (Fsp3) is 0.125. The van der Waals surface area contributed by atoms with E-state index in [1.807, 2.05) is 12.4 Å². The van der Waals surface area contributed by atoms with Crippen LogP contribution >= 0.6 is 0 Å². The maximum atomic E-state index is 4.01. The number of rotatable bonds is 0. The van der Waals surface area contributed by atoms with Crippen molar-refractivity contribution in [2.24, 2.45) is 0 Å². The summed E-state index contributed by atoms with van der Waals surface area (Å²) in [6, 6.07) is 2.10. The second-order valence-electron chi connectivity index (χ2n) is 2.43. The highest BCUT2D eigenvalue weighted by atomic mass is 14.9. The predicted octanol–water partition coefficient (Wildman–Crippen LogP) is 1.64. The van der Waals surface area contributed by atoms with Crippen LogP contribution in [0.5, 0.6) is 0 Å². The first kappa shape index (κ1) is 5.47. The molecule has 0 atom stereocenters. The molecule has 2 heteroatoms. The number of hydrogen-bond donors (Lipinski definition) is 0. The fourth-order valence-corrected chi connectivity index (χ4v) is 1.10. The van der Waals surface area contributed by atoms with Crippen LogP contribution in [0.1, 0.15) is 5.56 Å². The number of nitrogens with zero attached hydrogens (tertiary/aromatic N) is 2. The first-order chi connectivity index (χ1) is 4.86. The van der Waals surface area contributed by atoms with Crippen molar-refractivity contribution in [2.45, 2.75) is 6.92 Å². The maximum Gasteiger partial charge on any atom is 0.0636 e. The molecule has 0 aliphatic rings. The molecule has 0 aliphatic carbocycles. The summed E-state index contributed by atoms with van der Waals surface area (Å²) in [5.74, 6) is 0. The number of hydrogen-bond acceptors (Lipinski definition) is 1. The Balaban J connectivity index is 2.88. The van der Waals surface area contributed by atoms with E-state index in [0.29, 0.717) is 0 Å². The molecular formula is C8H8N2. The van der Waals surface area contributed by atoms with E-state index < -0.39 is 0 Å². The van der Waals surface area contributed by atoms with Crippen LogP contribution in [0.25, 0.3) is 5.52 Å². The molecule has 0 amide bonds. The maximum absolute atomic E-state index is 4.01. The largest absolute Gasteiger partial charge is 0.321 e. The minimum Gasteiger partial charge on any atom is -0.321 e. The minimum atomic E-state index is 1.15. The second-order valence-corrected chi connectivity index (χ2v) is 2.43. The van der Waals surface area contributed by atoms with Gasteiger partial charge in [-0.15, -0.1) is 0 Å². The molecule has 0 spiro atoms. The topological polar surface area (TPSA) is 17.3 Å². The van der Waals surface area contributed by atoms with Crippen molar-refractivity contribution >= 4 is 5.52 Å². The Morgan fingerprint density at radius 3 is 3.20 bits per heavy atom. The van der Waals surface area contributed by atoms with Crippen molar-refractivity contribution < 1.29 is 0 Å². The average molecular weight is 132 g/mol. The van der Waals surface area contributed by atoms with Gasteiger partial charge in [-0.05, 0) is 18.6 Å². The first-order valence-electron chi connectivity index (χ1n) is 3.24. The van der Waals surface area contributed by atoms with Gasteiger partial charge in [0.15, 0.2) is 0 Å². The Morgan fingerprint density at radius 2 is 2.40 bits per heavy atom. The Kier molecular flexibility index (Phi) is 1.01.